The van der Waals surface area contributed by atoms with Crippen molar-refractivity contribution < 1.29 is 9.18 Å². The van der Waals surface area contributed by atoms with Crippen LogP contribution in [-0.2, 0) is 17.6 Å². The molecule has 1 aliphatic heterocycles. The van der Waals surface area contributed by atoms with E-state index in [1.165, 1.54) is 29.0 Å². The second-order valence-corrected chi connectivity index (χ2v) is 8.14. The summed E-state index contributed by atoms with van der Waals surface area (Å²) in [6, 6.07) is 16.5. The number of likely N-dealkylation sites (tertiary alicyclic amines) is 1. The molecule has 28 heavy (non-hydrogen) atoms. The summed E-state index contributed by atoms with van der Waals surface area (Å²) < 4.78 is 13.0. The number of nitrogens with two attached hydrogens (primary N) is 1. The van der Waals surface area contributed by atoms with E-state index in [4.69, 9.17) is 5.73 Å². The highest BCUT2D eigenvalue weighted by Gasteiger charge is 2.33. The largest absolute Gasteiger partial charge is 0.340 e. The van der Waals surface area contributed by atoms with Crippen LogP contribution < -0.4 is 5.73 Å². The molecule has 1 amide bonds. The standard InChI is InChI=1S/C22H22FN3OS/c23-17-8-6-15(7-9-17)10-21-25-18(14-28-21)11-22(27)26-12-19(20(24)13-26)16-4-2-1-3-5-16/h1-9,14,19-20H,10-13,24H2/t19-,20+/m0/s1. The molecular formula is C22H22FN3OS. The van der Waals surface area contributed by atoms with Gasteiger partial charge in [0.25, 0.3) is 0 Å². The number of thiazole rings is 1. The molecule has 3 aromatic rings. The molecule has 6 heteroatoms. The quantitative estimate of drug-likeness (QED) is 0.721. The van der Waals surface area contributed by atoms with Crippen molar-refractivity contribution in [1.29, 1.82) is 0 Å². The summed E-state index contributed by atoms with van der Waals surface area (Å²) in [6.07, 6.45) is 0.929. The number of carbonyl (C=O) groups excluding carboxylic acids is 1. The highest BCUT2D eigenvalue weighted by Crippen LogP contribution is 2.27. The molecule has 1 aromatic heterocycles. The van der Waals surface area contributed by atoms with Crippen molar-refractivity contribution in [3.05, 3.63) is 87.6 Å². The summed E-state index contributed by atoms with van der Waals surface area (Å²) in [5.41, 5.74) is 9.27. The van der Waals surface area contributed by atoms with Gasteiger partial charge in [0.15, 0.2) is 0 Å². The van der Waals surface area contributed by atoms with Gasteiger partial charge < -0.3 is 10.6 Å². The zero-order valence-corrected chi connectivity index (χ0v) is 16.2. The van der Waals surface area contributed by atoms with Crippen LogP contribution in [0, 0.1) is 5.82 Å². The fourth-order valence-electron chi connectivity index (χ4n) is 3.64. The molecule has 0 unspecified atom stereocenters. The van der Waals surface area contributed by atoms with Gasteiger partial charge in [0.2, 0.25) is 5.91 Å². The Bertz CT molecular complexity index is 942. The second-order valence-electron chi connectivity index (χ2n) is 7.19. The van der Waals surface area contributed by atoms with Crippen molar-refractivity contribution >= 4 is 17.2 Å². The lowest BCUT2D eigenvalue weighted by molar-refractivity contribution is -0.129. The van der Waals surface area contributed by atoms with Gasteiger partial charge in [-0.25, -0.2) is 9.37 Å². The number of hydrogen-bond acceptors (Lipinski definition) is 4. The van der Waals surface area contributed by atoms with Gasteiger partial charge in [-0.1, -0.05) is 42.5 Å². The van der Waals surface area contributed by atoms with Crippen LogP contribution in [-0.4, -0.2) is 34.9 Å². The molecule has 0 saturated carbocycles. The molecule has 2 aromatic carbocycles. The molecule has 4 nitrogen and oxygen atoms in total. The lowest BCUT2D eigenvalue weighted by Gasteiger charge is -2.16. The van der Waals surface area contributed by atoms with E-state index in [2.05, 4.69) is 17.1 Å². The summed E-state index contributed by atoms with van der Waals surface area (Å²) >= 11 is 1.53. The Morgan fingerprint density at radius 3 is 2.64 bits per heavy atom. The third-order valence-corrected chi connectivity index (χ3v) is 6.04. The Morgan fingerprint density at radius 1 is 1.14 bits per heavy atom. The van der Waals surface area contributed by atoms with E-state index in [9.17, 15) is 9.18 Å². The van der Waals surface area contributed by atoms with E-state index in [-0.39, 0.29) is 30.1 Å². The van der Waals surface area contributed by atoms with Crippen LogP contribution in [0.4, 0.5) is 4.39 Å². The van der Waals surface area contributed by atoms with Crippen LogP contribution in [0.15, 0.2) is 60.0 Å². The maximum absolute atomic E-state index is 13.0. The highest BCUT2D eigenvalue weighted by atomic mass is 32.1. The first kappa shape index (κ1) is 18.8. The molecule has 1 saturated heterocycles. The van der Waals surface area contributed by atoms with Crippen molar-refractivity contribution in [1.82, 2.24) is 9.88 Å². The maximum Gasteiger partial charge on any atom is 0.228 e. The normalized spacial score (nSPS) is 19.1. The Balaban J connectivity index is 1.36. The van der Waals surface area contributed by atoms with E-state index in [1.54, 1.807) is 12.1 Å². The molecule has 0 bridgehead atoms. The SMILES string of the molecule is N[C@@H]1CN(C(=O)Cc2csc(Cc3ccc(F)cc3)n2)C[C@H]1c1ccccc1. The molecule has 2 N–H and O–H groups in total. The van der Waals surface area contributed by atoms with Crippen LogP contribution in [0.2, 0.25) is 0 Å². The summed E-state index contributed by atoms with van der Waals surface area (Å²) in [7, 11) is 0. The maximum atomic E-state index is 13.0. The van der Waals surface area contributed by atoms with E-state index in [0.717, 1.165) is 16.3 Å². The fourth-order valence-corrected chi connectivity index (χ4v) is 4.47. The smallest absolute Gasteiger partial charge is 0.228 e. The molecular weight excluding hydrogens is 373 g/mol. The van der Waals surface area contributed by atoms with Crippen LogP contribution in [0.3, 0.4) is 0 Å². The molecule has 1 aliphatic rings. The summed E-state index contributed by atoms with van der Waals surface area (Å²) in [4.78, 5) is 19.2. The topological polar surface area (TPSA) is 59.2 Å². The molecule has 2 heterocycles. The first-order chi connectivity index (χ1) is 13.6. The number of rotatable bonds is 5. The highest BCUT2D eigenvalue weighted by molar-refractivity contribution is 7.09. The van der Waals surface area contributed by atoms with Gasteiger partial charge in [-0.3, -0.25) is 4.79 Å². The van der Waals surface area contributed by atoms with E-state index >= 15 is 0 Å². The van der Waals surface area contributed by atoms with Gasteiger partial charge in [-0.05, 0) is 23.3 Å². The van der Waals surface area contributed by atoms with E-state index < -0.39 is 0 Å². The minimum atomic E-state index is -0.244. The molecule has 0 spiro atoms. The number of halogens is 1. The second kappa shape index (κ2) is 8.20. The zero-order chi connectivity index (χ0) is 19.5. The summed E-state index contributed by atoms with van der Waals surface area (Å²) in [6.45, 7) is 1.22. The first-order valence-corrected chi connectivity index (χ1v) is 10.2. The lowest BCUT2D eigenvalue weighted by atomic mass is 9.95. The fraction of sp³-hybridized carbons (Fsp3) is 0.273. The van der Waals surface area contributed by atoms with E-state index in [0.29, 0.717) is 19.5 Å². The Labute approximate surface area is 167 Å². The van der Waals surface area contributed by atoms with Crippen molar-refractivity contribution in [3.63, 3.8) is 0 Å². The Morgan fingerprint density at radius 2 is 1.89 bits per heavy atom. The van der Waals surface area contributed by atoms with Crippen LogP contribution in [0.1, 0.15) is 27.7 Å². The summed E-state index contributed by atoms with van der Waals surface area (Å²) in [5.74, 6) is -0.00561. The number of benzene rings is 2. The average Bonchev–Trinajstić information content (AvgIpc) is 3.31. The van der Waals surface area contributed by atoms with Crippen molar-refractivity contribution in [2.45, 2.75) is 24.8 Å². The lowest BCUT2D eigenvalue weighted by Crippen LogP contribution is -2.33. The molecule has 0 aliphatic carbocycles. The minimum Gasteiger partial charge on any atom is -0.340 e. The number of nitrogens with zero attached hydrogens (tertiary/aromatic N) is 2. The van der Waals surface area contributed by atoms with Gasteiger partial charge in [0.1, 0.15) is 5.82 Å². The molecule has 4 rings (SSSR count). The predicted octanol–water partition coefficient (Wildman–Crippen LogP) is 3.37. The zero-order valence-electron chi connectivity index (χ0n) is 15.4. The number of aromatic nitrogens is 1. The third kappa shape index (κ3) is 4.29. The van der Waals surface area contributed by atoms with Gasteiger partial charge in [0.05, 0.1) is 17.1 Å². The third-order valence-electron chi connectivity index (χ3n) is 5.15. The van der Waals surface area contributed by atoms with Gasteiger partial charge in [-0.2, -0.15) is 0 Å². The average molecular weight is 396 g/mol. The van der Waals surface area contributed by atoms with Crippen LogP contribution >= 0.6 is 11.3 Å². The summed E-state index contributed by atoms with van der Waals surface area (Å²) in [5, 5.41) is 2.86. The number of carbonyl (C=O) groups is 1. The number of hydrogen-bond donors (Lipinski definition) is 1. The van der Waals surface area contributed by atoms with Gasteiger partial charge in [0, 0.05) is 36.9 Å². The van der Waals surface area contributed by atoms with Gasteiger partial charge in [-0.15, -0.1) is 11.3 Å². The van der Waals surface area contributed by atoms with Crippen molar-refractivity contribution in [2.75, 3.05) is 13.1 Å². The van der Waals surface area contributed by atoms with E-state index in [1.807, 2.05) is 28.5 Å². The molecule has 144 valence electrons. The van der Waals surface area contributed by atoms with Crippen molar-refractivity contribution in [2.24, 2.45) is 5.73 Å². The predicted molar refractivity (Wildman–Crippen MR) is 109 cm³/mol. The molecule has 1 fully saturated rings. The molecule has 0 radical (unpaired) electrons. The minimum absolute atomic E-state index is 0.0455. The Kier molecular flexibility index (Phi) is 5.50. The molecule has 2 atom stereocenters. The monoisotopic (exact) mass is 395 g/mol. The van der Waals surface area contributed by atoms with Crippen molar-refractivity contribution in [3.8, 4) is 0 Å². The number of amides is 1. The van der Waals surface area contributed by atoms with Gasteiger partial charge >= 0.3 is 0 Å². The van der Waals surface area contributed by atoms with Crippen LogP contribution in [0.25, 0.3) is 0 Å². The Hall–Kier alpha value is -2.57. The first-order valence-electron chi connectivity index (χ1n) is 9.34. The van der Waals surface area contributed by atoms with Crippen LogP contribution in [0.5, 0.6) is 0 Å².